The summed E-state index contributed by atoms with van der Waals surface area (Å²) in [7, 11) is 3.15. The van der Waals surface area contributed by atoms with E-state index in [0.29, 0.717) is 17.9 Å². The molecule has 3 amide bonds. The minimum Gasteiger partial charge on any atom is -0.497 e. The maximum Gasteiger partial charge on any atom is 0.248 e. The van der Waals surface area contributed by atoms with Crippen LogP contribution in [0.15, 0.2) is 24.3 Å². The third-order valence-electron chi connectivity index (χ3n) is 7.09. The lowest BCUT2D eigenvalue weighted by atomic mass is 9.66. The van der Waals surface area contributed by atoms with Crippen LogP contribution in [0.5, 0.6) is 5.75 Å². The third-order valence-corrected chi connectivity index (χ3v) is 9.07. The van der Waals surface area contributed by atoms with Crippen molar-refractivity contribution in [2.75, 3.05) is 26.1 Å². The zero-order chi connectivity index (χ0) is 22.6. The fraction of sp³-hybridized carbons (Fsp3) is 0.591. The van der Waals surface area contributed by atoms with Gasteiger partial charge in [-0.2, -0.15) is 0 Å². The molecule has 0 aromatic heterocycles. The van der Waals surface area contributed by atoms with E-state index in [2.05, 4.69) is 10.6 Å². The quantitative estimate of drug-likeness (QED) is 0.606. The number of aliphatic hydroxyl groups excluding tert-OH is 1. The normalized spacial score (nSPS) is 34.4. The molecule has 0 radical (unpaired) electrons. The van der Waals surface area contributed by atoms with Crippen LogP contribution in [0.1, 0.15) is 26.7 Å². The molecule has 9 heteroatoms. The van der Waals surface area contributed by atoms with E-state index in [9.17, 15) is 19.5 Å². The van der Waals surface area contributed by atoms with Crippen molar-refractivity contribution in [3.63, 3.8) is 0 Å². The van der Waals surface area contributed by atoms with E-state index in [0.717, 1.165) is 6.42 Å². The number of anilines is 1. The number of hydrogen-bond donors (Lipinski definition) is 3. The van der Waals surface area contributed by atoms with Crippen LogP contribution in [0.2, 0.25) is 0 Å². The standard InChI is InChI=1S/C22H29N3O5S/c1-12(11-26)25-17(19(28)24-13-5-7-14(30-4)8-6-13)22-10-9-21(2,31-22)15(18(27)23-3)16(22)20(25)29/h5-8,12,15-17,26H,9-11H2,1-4H3,(H,23,27)(H,24,28)/t12-,15+,16+,17?,21-,22?/m1/s1. The predicted molar refractivity (Wildman–Crippen MR) is 118 cm³/mol. The van der Waals surface area contributed by atoms with Gasteiger partial charge in [0.1, 0.15) is 11.8 Å². The molecule has 168 valence electrons. The number of fused-ring (bicyclic) bond motifs is 1. The van der Waals surface area contributed by atoms with E-state index in [1.807, 2.05) is 6.92 Å². The van der Waals surface area contributed by atoms with E-state index in [4.69, 9.17) is 4.74 Å². The maximum absolute atomic E-state index is 13.6. The number of benzene rings is 1. The summed E-state index contributed by atoms with van der Waals surface area (Å²) >= 11 is 1.61. The van der Waals surface area contributed by atoms with Crippen LogP contribution in [-0.2, 0) is 14.4 Å². The number of hydrogen-bond acceptors (Lipinski definition) is 6. The number of nitrogens with zero attached hydrogens (tertiary/aromatic N) is 1. The Morgan fingerprint density at radius 1 is 1.29 bits per heavy atom. The molecule has 6 atom stereocenters. The lowest BCUT2D eigenvalue weighted by Gasteiger charge is -2.35. The summed E-state index contributed by atoms with van der Waals surface area (Å²) in [5.41, 5.74) is 0.598. The van der Waals surface area contributed by atoms with Gasteiger partial charge in [-0.25, -0.2) is 0 Å². The Morgan fingerprint density at radius 3 is 2.55 bits per heavy atom. The van der Waals surface area contributed by atoms with Crippen LogP contribution in [0.4, 0.5) is 5.69 Å². The van der Waals surface area contributed by atoms with E-state index >= 15 is 0 Å². The summed E-state index contributed by atoms with van der Waals surface area (Å²) in [4.78, 5) is 41.5. The van der Waals surface area contributed by atoms with Gasteiger partial charge in [-0.3, -0.25) is 14.4 Å². The average Bonchev–Trinajstić information content (AvgIpc) is 3.34. The highest BCUT2D eigenvalue weighted by atomic mass is 32.2. The number of rotatable bonds is 6. The average molecular weight is 448 g/mol. The number of ether oxygens (including phenoxy) is 1. The summed E-state index contributed by atoms with van der Waals surface area (Å²) in [6.45, 7) is 3.50. The van der Waals surface area contributed by atoms with Crippen LogP contribution in [-0.4, -0.2) is 70.1 Å². The molecule has 3 N–H and O–H groups in total. The van der Waals surface area contributed by atoms with Gasteiger partial charge in [-0.15, -0.1) is 11.8 Å². The fourth-order valence-corrected chi connectivity index (χ4v) is 8.01. The van der Waals surface area contributed by atoms with Crippen molar-refractivity contribution < 1.29 is 24.2 Å². The first kappa shape index (κ1) is 22.0. The molecule has 1 aromatic carbocycles. The molecule has 8 nitrogen and oxygen atoms in total. The SMILES string of the molecule is CNC(=O)[C@@H]1[C@H]2C(=O)N([C@H](C)CO)C(C(=O)Nc3ccc(OC)cc3)C23CC[C@@]1(C)S3. The van der Waals surface area contributed by atoms with Crippen molar-refractivity contribution in [1.29, 1.82) is 0 Å². The second-order valence-electron chi connectivity index (χ2n) is 8.84. The molecule has 3 aliphatic rings. The van der Waals surface area contributed by atoms with Crippen molar-refractivity contribution in [2.45, 2.75) is 48.3 Å². The number of amides is 3. The van der Waals surface area contributed by atoms with Crippen molar-refractivity contribution in [2.24, 2.45) is 11.8 Å². The molecule has 3 aliphatic heterocycles. The minimum atomic E-state index is -0.768. The Balaban J connectivity index is 1.73. The lowest BCUT2D eigenvalue weighted by Crippen LogP contribution is -2.54. The molecule has 4 rings (SSSR count). The number of thioether (sulfide) groups is 1. The van der Waals surface area contributed by atoms with Gasteiger partial charge >= 0.3 is 0 Å². The smallest absolute Gasteiger partial charge is 0.248 e. The van der Waals surface area contributed by atoms with Crippen molar-refractivity contribution >= 4 is 35.2 Å². The first-order valence-electron chi connectivity index (χ1n) is 10.5. The summed E-state index contributed by atoms with van der Waals surface area (Å²) in [5.74, 6) is -1.10. The minimum absolute atomic E-state index is 0.164. The van der Waals surface area contributed by atoms with Crippen LogP contribution in [0.25, 0.3) is 0 Å². The Hall–Kier alpha value is -2.26. The monoisotopic (exact) mass is 447 g/mol. The van der Waals surface area contributed by atoms with Gasteiger partial charge in [0.05, 0.1) is 36.3 Å². The largest absolute Gasteiger partial charge is 0.497 e. The molecular weight excluding hydrogens is 418 g/mol. The Kier molecular flexibility index (Phi) is 5.46. The molecule has 1 spiro atoms. The van der Waals surface area contributed by atoms with Crippen LogP contribution >= 0.6 is 11.8 Å². The van der Waals surface area contributed by atoms with E-state index < -0.39 is 33.4 Å². The summed E-state index contributed by atoms with van der Waals surface area (Å²) in [6, 6.07) is 5.70. The highest BCUT2D eigenvalue weighted by molar-refractivity contribution is 8.02. The van der Waals surface area contributed by atoms with Crippen molar-refractivity contribution in [1.82, 2.24) is 10.2 Å². The van der Waals surface area contributed by atoms with Gasteiger partial charge in [0.2, 0.25) is 17.7 Å². The predicted octanol–water partition coefficient (Wildman–Crippen LogP) is 1.24. The summed E-state index contributed by atoms with van der Waals surface area (Å²) in [6.07, 6.45) is 1.43. The number of methoxy groups -OCH3 is 1. The maximum atomic E-state index is 13.6. The number of nitrogens with one attached hydrogen (secondary N) is 2. The van der Waals surface area contributed by atoms with Gasteiger partial charge < -0.3 is 25.4 Å². The Labute approximate surface area is 186 Å². The molecule has 0 aliphatic carbocycles. The topological polar surface area (TPSA) is 108 Å². The Morgan fingerprint density at radius 2 is 1.97 bits per heavy atom. The molecular formula is C22H29N3O5S. The zero-order valence-corrected chi connectivity index (χ0v) is 19.0. The molecule has 3 heterocycles. The molecule has 2 unspecified atom stereocenters. The molecule has 1 aromatic rings. The van der Waals surface area contributed by atoms with E-state index in [1.165, 1.54) is 4.90 Å². The van der Waals surface area contributed by atoms with Gasteiger partial charge in [0.15, 0.2) is 0 Å². The number of carbonyl (C=O) groups excluding carboxylic acids is 3. The van der Waals surface area contributed by atoms with Crippen LogP contribution in [0, 0.1) is 11.8 Å². The first-order valence-corrected chi connectivity index (χ1v) is 11.3. The van der Waals surface area contributed by atoms with E-state index in [-0.39, 0.29) is 24.3 Å². The van der Waals surface area contributed by atoms with Crippen molar-refractivity contribution in [3.05, 3.63) is 24.3 Å². The summed E-state index contributed by atoms with van der Waals surface area (Å²) < 4.78 is 4.08. The number of likely N-dealkylation sites (tertiary alicyclic amines) is 1. The Bertz CT molecular complexity index is 909. The number of aliphatic hydroxyl groups is 1. The second kappa shape index (κ2) is 7.70. The zero-order valence-electron chi connectivity index (χ0n) is 18.2. The molecule has 0 saturated carbocycles. The van der Waals surface area contributed by atoms with Crippen LogP contribution < -0.4 is 15.4 Å². The van der Waals surface area contributed by atoms with E-state index in [1.54, 1.807) is 57.1 Å². The molecule has 3 fully saturated rings. The number of carbonyl (C=O) groups is 3. The first-order chi connectivity index (χ1) is 14.7. The van der Waals surface area contributed by atoms with Gasteiger partial charge in [-0.1, -0.05) is 0 Å². The third kappa shape index (κ3) is 3.12. The fourth-order valence-electron chi connectivity index (χ4n) is 5.67. The molecule has 2 bridgehead atoms. The van der Waals surface area contributed by atoms with Crippen LogP contribution in [0.3, 0.4) is 0 Å². The van der Waals surface area contributed by atoms with Gasteiger partial charge in [-0.05, 0) is 51.0 Å². The summed E-state index contributed by atoms with van der Waals surface area (Å²) in [5, 5.41) is 15.5. The molecule has 3 saturated heterocycles. The second-order valence-corrected chi connectivity index (χ2v) is 10.7. The van der Waals surface area contributed by atoms with Gasteiger partial charge in [0, 0.05) is 17.5 Å². The van der Waals surface area contributed by atoms with Gasteiger partial charge in [0.25, 0.3) is 0 Å². The molecule has 31 heavy (non-hydrogen) atoms. The lowest BCUT2D eigenvalue weighted by molar-refractivity contribution is -0.142. The van der Waals surface area contributed by atoms with Crippen molar-refractivity contribution in [3.8, 4) is 5.75 Å². The highest BCUT2D eigenvalue weighted by Crippen LogP contribution is 2.71. The highest BCUT2D eigenvalue weighted by Gasteiger charge is 2.77.